The maximum Gasteiger partial charge on any atom is 0.244 e. The Balaban J connectivity index is 2.35. The fraction of sp³-hybridized carbons (Fsp3) is 0.700. The summed E-state index contributed by atoms with van der Waals surface area (Å²) in [5, 5.41) is 6.99. The van der Waals surface area contributed by atoms with E-state index in [9.17, 15) is 4.79 Å². The molecule has 1 aliphatic rings. The summed E-state index contributed by atoms with van der Waals surface area (Å²) < 4.78 is 2.37. The maximum atomic E-state index is 11.9. The van der Waals surface area contributed by atoms with Crippen molar-refractivity contribution in [2.24, 2.45) is 0 Å². The van der Waals surface area contributed by atoms with Crippen LogP contribution in [0.15, 0.2) is 0 Å². The summed E-state index contributed by atoms with van der Waals surface area (Å²) in [6.07, 6.45) is 2.28. The van der Waals surface area contributed by atoms with Crippen LogP contribution < -0.4 is 0 Å². The molecule has 0 saturated heterocycles. The molecule has 1 unspecified atom stereocenters. The SMILES string of the molecule is CC(C(=O)N(C)C)n1c(C2CC2)n[nH]c1=S. The average Bonchev–Trinajstić information content (AvgIpc) is 3.00. The zero-order valence-electron chi connectivity index (χ0n) is 9.73. The number of likely N-dealkylation sites (N-methyl/N-ethyl adjacent to an activating group) is 1. The van der Waals surface area contributed by atoms with Gasteiger partial charge in [-0.1, -0.05) is 0 Å². The number of aromatic nitrogens is 3. The molecule has 1 N–H and O–H groups in total. The third kappa shape index (κ3) is 1.89. The highest BCUT2D eigenvalue weighted by molar-refractivity contribution is 7.71. The van der Waals surface area contributed by atoms with E-state index in [1.54, 1.807) is 19.0 Å². The second-order valence-electron chi connectivity index (χ2n) is 4.44. The van der Waals surface area contributed by atoms with Crippen molar-refractivity contribution < 1.29 is 4.79 Å². The summed E-state index contributed by atoms with van der Waals surface area (Å²) in [6.45, 7) is 1.86. The van der Waals surface area contributed by atoms with E-state index in [2.05, 4.69) is 10.2 Å². The lowest BCUT2D eigenvalue weighted by molar-refractivity contribution is -0.131. The van der Waals surface area contributed by atoms with Crippen molar-refractivity contribution in [1.29, 1.82) is 0 Å². The molecule has 6 heteroatoms. The van der Waals surface area contributed by atoms with Gasteiger partial charge in [-0.25, -0.2) is 0 Å². The first-order valence-corrected chi connectivity index (χ1v) is 5.81. The van der Waals surface area contributed by atoms with Gasteiger partial charge in [0.1, 0.15) is 11.9 Å². The van der Waals surface area contributed by atoms with Gasteiger partial charge in [0, 0.05) is 20.0 Å². The van der Waals surface area contributed by atoms with Crippen molar-refractivity contribution in [3.8, 4) is 0 Å². The summed E-state index contributed by atoms with van der Waals surface area (Å²) >= 11 is 5.18. The highest BCUT2D eigenvalue weighted by Gasteiger charge is 2.32. The van der Waals surface area contributed by atoms with Gasteiger partial charge in [-0.3, -0.25) is 14.5 Å². The third-order valence-electron chi connectivity index (χ3n) is 2.86. The van der Waals surface area contributed by atoms with E-state index in [0.29, 0.717) is 10.7 Å². The van der Waals surface area contributed by atoms with Crippen LogP contribution in [0.2, 0.25) is 0 Å². The number of carbonyl (C=O) groups excluding carboxylic acids is 1. The van der Waals surface area contributed by atoms with Gasteiger partial charge in [-0.05, 0) is 32.0 Å². The highest BCUT2D eigenvalue weighted by atomic mass is 32.1. The first kappa shape index (κ1) is 11.3. The topological polar surface area (TPSA) is 53.9 Å². The molecule has 0 bridgehead atoms. The minimum Gasteiger partial charge on any atom is -0.347 e. The van der Waals surface area contributed by atoms with Crippen LogP contribution in [0, 0.1) is 4.77 Å². The van der Waals surface area contributed by atoms with Crippen molar-refractivity contribution in [3.05, 3.63) is 10.6 Å². The number of amides is 1. The van der Waals surface area contributed by atoms with Crippen LogP contribution in [0.5, 0.6) is 0 Å². The molecule has 1 aliphatic carbocycles. The van der Waals surface area contributed by atoms with Crippen LogP contribution >= 0.6 is 12.2 Å². The lowest BCUT2D eigenvalue weighted by Gasteiger charge is -2.19. The smallest absolute Gasteiger partial charge is 0.244 e. The number of rotatable bonds is 3. The maximum absolute atomic E-state index is 11.9. The molecule has 1 amide bonds. The Bertz CT molecular complexity index is 458. The van der Waals surface area contributed by atoms with Crippen molar-refractivity contribution in [3.63, 3.8) is 0 Å². The standard InChI is InChI=1S/C10H16N4OS/c1-6(9(15)13(2)3)14-8(7-4-5-7)11-12-10(14)16/h6-7H,4-5H2,1-3H3,(H,12,16). The van der Waals surface area contributed by atoms with Gasteiger partial charge in [-0.2, -0.15) is 5.10 Å². The first-order chi connectivity index (χ1) is 7.52. The summed E-state index contributed by atoms with van der Waals surface area (Å²) in [4.78, 5) is 13.5. The molecular weight excluding hydrogens is 224 g/mol. The molecule has 1 saturated carbocycles. The number of nitrogens with one attached hydrogen (secondary N) is 1. The van der Waals surface area contributed by atoms with Crippen molar-refractivity contribution in [1.82, 2.24) is 19.7 Å². The second kappa shape index (κ2) is 4.01. The number of hydrogen-bond acceptors (Lipinski definition) is 3. The molecule has 16 heavy (non-hydrogen) atoms. The van der Waals surface area contributed by atoms with E-state index in [4.69, 9.17) is 12.2 Å². The van der Waals surface area contributed by atoms with Crippen molar-refractivity contribution >= 4 is 18.1 Å². The normalized spacial score (nSPS) is 17.2. The highest BCUT2D eigenvalue weighted by Crippen LogP contribution is 2.39. The molecule has 1 atom stereocenters. The van der Waals surface area contributed by atoms with Gasteiger partial charge in [-0.15, -0.1) is 0 Å². The van der Waals surface area contributed by atoms with Gasteiger partial charge in [0.15, 0.2) is 4.77 Å². The lowest BCUT2D eigenvalue weighted by Crippen LogP contribution is -2.30. The Morgan fingerprint density at radius 1 is 1.62 bits per heavy atom. The van der Waals surface area contributed by atoms with Gasteiger partial charge >= 0.3 is 0 Å². The third-order valence-corrected chi connectivity index (χ3v) is 3.15. The summed E-state index contributed by atoms with van der Waals surface area (Å²) in [5.41, 5.74) is 0. The summed E-state index contributed by atoms with van der Waals surface area (Å²) in [5.74, 6) is 1.44. The molecule has 88 valence electrons. The fourth-order valence-electron chi connectivity index (χ4n) is 1.80. The predicted octanol–water partition coefficient (Wildman–Crippen LogP) is 1.47. The van der Waals surface area contributed by atoms with E-state index in [-0.39, 0.29) is 11.9 Å². The van der Waals surface area contributed by atoms with Crippen LogP contribution in [-0.2, 0) is 4.79 Å². The number of H-pyrrole nitrogens is 1. The quantitative estimate of drug-likeness (QED) is 0.814. The Hall–Kier alpha value is -1.17. The molecular formula is C10H16N4OS. The molecule has 0 spiro atoms. The van der Waals surface area contributed by atoms with E-state index in [0.717, 1.165) is 18.7 Å². The molecule has 0 aromatic carbocycles. The zero-order chi connectivity index (χ0) is 11.9. The number of hydrogen-bond donors (Lipinski definition) is 1. The molecule has 0 radical (unpaired) electrons. The molecule has 1 aromatic heterocycles. The Morgan fingerprint density at radius 3 is 2.75 bits per heavy atom. The molecule has 1 aromatic rings. The number of aromatic amines is 1. The van der Waals surface area contributed by atoms with Gasteiger partial charge < -0.3 is 4.90 Å². The van der Waals surface area contributed by atoms with Gasteiger partial charge in [0.2, 0.25) is 5.91 Å². The van der Waals surface area contributed by atoms with E-state index in [1.807, 2.05) is 11.5 Å². The van der Waals surface area contributed by atoms with Crippen molar-refractivity contribution in [2.75, 3.05) is 14.1 Å². The largest absolute Gasteiger partial charge is 0.347 e. The minimum atomic E-state index is -0.281. The summed E-state index contributed by atoms with van der Waals surface area (Å²) in [6, 6.07) is -0.281. The van der Waals surface area contributed by atoms with Gasteiger partial charge in [0.25, 0.3) is 0 Å². The fourth-order valence-corrected chi connectivity index (χ4v) is 2.10. The van der Waals surface area contributed by atoms with Gasteiger partial charge in [0.05, 0.1) is 0 Å². The molecule has 2 rings (SSSR count). The van der Waals surface area contributed by atoms with E-state index in [1.165, 1.54) is 0 Å². The molecule has 0 aliphatic heterocycles. The number of nitrogens with zero attached hydrogens (tertiary/aromatic N) is 3. The summed E-state index contributed by atoms with van der Waals surface area (Å²) in [7, 11) is 3.50. The monoisotopic (exact) mass is 240 g/mol. The Kier molecular flexibility index (Phi) is 2.84. The predicted molar refractivity (Wildman–Crippen MR) is 62.8 cm³/mol. The van der Waals surface area contributed by atoms with Crippen LogP contribution in [0.25, 0.3) is 0 Å². The van der Waals surface area contributed by atoms with Crippen molar-refractivity contribution in [2.45, 2.75) is 31.7 Å². The second-order valence-corrected chi connectivity index (χ2v) is 4.83. The van der Waals surface area contributed by atoms with Crippen LogP contribution in [0.3, 0.4) is 0 Å². The molecule has 1 heterocycles. The van der Waals surface area contributed by atoms with Crippen LogP contribution in [-0.4, -0.2) is 39.7 Å². The average molecular weight is 240 g/mol. The van der Waals surface area contributed by atoms with E-state index >= 15 is 0 Å². The van der Waals surface area contributed by atoms with Crippen LogP contribution in [0.1, 0.15) is 37.5 Å². The Morgan fingerprint density at radius 2 is 2.25 bits per heavy atom. The lowest BCUT2D eigenvalue weighted by atomic mass is 10.2. The molecule has 5 nitrogen and oxygen atoms in total. The van der Waals surface area contributed by atoms with E-state index < -0.39 is 0 Å². The zero-order valence-corrected chi connectivity index (χ0v) is 10.5. The minimum absolute atomic E-state index is 0.0411. The van der Waals surface area contributed by atoms with Crippen LogP contribution in [0.4, 0.5) is 0 Å². The number of carbonyl (C=O) groups is 1. The Labute approximate surface area is 99.5 Å². The molecule has 1 fully saturated rings. The first-order valence-electron chi connectivity index (χ1n) is 5.40.